The molecule has 5 nitrogen and oxygen atoms in total. The molecule has 1 N–H and O–H groups in total. The van der Waals surface area contributed by atoms with Crippen LogP contribution in [0.25, 0.3) is 0 Å². The fourth-order valence-corrected chi connectivity index (χ4v) is 4.01. The van der Waals surface area contributed by atoms with Crippen molar-refractivity contribution in [2.24, 2.45) is 5.92 Å². The van der Waals surface area contributed by atoms with E-state index in [1.165, 1.54) is 19.3 Å². The quantitative estimate of drug-likeness (QED) is 0.839. The molecule has 1 atom stereocenters. The Balaban J connectivity index is 1.44. The predicted molar refractivity (Wildman–Crippen MR) is 90.0 cm³/mol. The van der Waals surface area contributed by atoms with Gasteiger partial charge in [-0.05, 0) is 45.1 Å². The molecule has 2 saturated carbocycles. The van der Waals surface area contributed by atoms with E-state index in [4.69, 9.17) is 0 Å². The molecule has 23 heavy (non-hydrogen) atoms. The molecule has 2 amide bonds. The summed E-state index contributed by atoms with van der Waals surface area (Å²) in [6.07, 6.45) is 10.3. The molecule has 3 fully saturated rings. The van der Waals surface area contributed by atoms with E-state index in [2.05, 4.69) is 10.2 Å². The van der Waals surface area contributed by atoms with Gasteiger partial charge in [0, 0.05) is 31.6 Å². The Bertz CT molecular complexity index is 430. The zero-order chi connectivity index (χ0) is 16.2. The summed E-state index contributed by atoms with van der Waals surface area (Å²) in [5.74, 6) is 0.752. The van der Waals surface area contributed by atoms with Gasteiger partial charge < -0.3 is 10.2 Å². The van der Waals surface area contributed by atoms with E-state index in [9.17, 15) is 9.59 Å². The monoisotopic (exact) mass is 321 g/mol. The average Bonchev–Trinajstić information content (AvgIpc) is 3.39. The average molecular weight is 321 g/mol. The van der Waals surface area contributed by atoms with Gasteiger partial charge >= 0.3 is 0 Å². The van der Waals surface area contributed by atoms with E-state index >= 15 is 0 Å². The Kier molecular flexibility index (Phi) is 5.57. The van der Waals surface area contributed by atoms with Crippen molar-refractivity contribution in [2.45, 2.75) is 69.9 Å². The lowest BCUT2D eigenvalue weighted by Gasteiger charge is -2.37. The Morgan fingerprint density at radius 3 is 2.48 bits per heavy atom. The van der Waals surface area contributed by atoms with Crippen LogP contribution in [0.15, 0.2) is 0 Å². The molecule has 1 aliphatic heterocycles. The molecule has 1 heterocycles. The van der Waals surface area contributed by atoms with E-state index in [1.807, 2.05) is 11.9 Å². The molecular weight excluding hydrogens is 290 g/mol. The maximum absolute atomic E-state index is 12.3. The number of hydrogen-bond donors (Lipinski definition) is 1. The third-order valence-corrected chi connectivity index (χ3v) is 5.64. The Morgan fingerprint density at radius 1 is 1.04 bits per heavy atom. The number of nitrogens with one attached hydrogen (secondary N) is 1. The molecule has 1 unspecified atom stereocenters. The van der Waals surface area contributed by atoms with Crippen LogP contribution >= 0.6 is 0 Å². The number of carbonyl (C=O) groups excluding carboxylic acids is 2. The molecule has 1 saturated heterocycles. The van der Waals surface area contributed by atoms with Crippen molar-refractivity contribution in [3.05, 3.63) is 0 Å². The van der Waals surface area contributed by atoms with Gasteiger partial charge in [0.2, 0.25) is 11.8 Å². The SMILES string of the molecule is CN(C(=O)C1CC1)C1CCCN(CC(=O)NC2CCCCC2)C1. The molecule has 0 bridgehead atoms. The van der Waals surface area contributed by atoms with Crippen molar-refractivity contribution in [3.63, 3.8) is 0 Å². The molecule has 3 rings (SSSR count). The lowest BCUT2D eigenvalue weighted by Crippen LogP contribution is -2.51. The summed E-state index contributed by atoms with van der Waals surface area (Å²) >= 11 is 0. The highest BCUT2D eigenvalue weighted by atomic mass is 16.2. The third kappa shape index (κ3) is 4.69. The van der Waals surface area contributed by atoms with Crippen LogP contribution in [-0.2, 0) is 9.59 Å². The van der Waals surface area contributed by atoms with E-state index in [0.717, 1.165) is 51.6 Å². The maximum Gasteiger partial charge on any atom is 0.234 e. The minimum Gasteiger partial charge on any atom is -0.352 e. The summed E-state index contributed by atoms with van der Waals surface area (Å²) in [5.41, 5.74) is 0. The molecule has 0 aromatic heterocycles. The predicted octanol–water partition coefficient (Wildman–Crippen LogP) is 1.77. The van der Waals surface area contributed by atoms with Gasteiger partial charge in [0.25, 0.3) is 0 Å². The lowest BCUT2D eigenvalue weighted by molar-refractivity contribution is -0.134. The molecule has 0 aromatic carbocycles. The molecule has 0 radical (unpaired) electrons. The van der Waals surface area contributed by atoms with E-state index in [0.29, 0.717) is 18.5 Å². The van der Waals surface area contributed by atoms with Crippen molar-refractivity contribution < 1.29 is 9.59 Å². The molecular formula is C18H31N3O2. The number of hydrogen-bond acceptors (Lipinski definition) is 3. The number of likely N-dealkylation sites (tertiary alicyclic amines) is 1. The summed E-state index contributed by atoms with van der Waals surface area (Å²) in [6.45, 7) is 2.30. The normalized spacial score (nSPS) is 26.7. The smallest absolute Gasteiger partial charge is 0.234 e. The Labute approximate surface area is 139 Å². The molecule has 2 aliphatic carbocycles. The van der Waals surface area contributed by atoms with E-state index in [-0.39, 0.29) is 17.9 Å². The minimum absolute atomic E-state index is 0.161. The van der Waals surface area contributed by atoms with Crippen LogP contribution in [0.2, 0.25) is 0 Å². The summed E-state index contributed by atoms with van der Waals surface area (Å²) in [6, 6.07) is 0.662. The zero-order valence-electron chi connectivity index (χ0n) is 14.4. The van der Waals surface area contributed by atoms with Gasteiger partial charge in [0.15, 0.2) is 0 Å². The standard InChI is InChI=1S/C18H31N3O2/c1-20(18(23)14-9-10-14)16-8-5-11-21(12-16)13-17(22)19-15-6-3-2-4-7-15/h14-16H,2-13H2,1H3,(H,19,22). The number of likely N-dealkylation sites (N-methyl/N-ethyl adjacent to an activating group) is 1. The van der Waals surface area contributed by atoms with Crippen LogP contribution in [0.5, 0.6) is 0 Å². The second-order valence-electron chi connectivity index (χ2n) is 7.66. The topological polar surface area (TPSA) is 52.7 Å². The first-order valence-electron chi connectivity index (χ1n) is 9.42. The molecule has 0 aromatic rings. The van der Waals surface area contributed by atoms with Gasteiger partial charge in [0.05, 0.1) is 6.54 Å². The molecule has 0 spiro atoms. The number of rotatable bonds is 5. The fraction of sp³-hybridized carbons (Fsp3) is 0.889. The Morgan fingerprint density at radius 2 is 1.78 bits per heavy atom. The zero-order valence-corrected chi connectivity index (χ0v) is 14.4. The van der Waals surface area contributed by atoms with Crippen LogP contribution in [0.3, 0.4) is 0 Å². The second-order valence-corrected chi connectivity index (χ2v) is 7.66. The highest BCUT2D eigenvalue weighted by Crippen LogP contribution is 2.32. The molecule has 5 heteroatoms. The highest BCUT2D eigenvalue weighted by molar-refractivity contribution is 5.81. The van der Waals surface area contributed by atoms with Crippen LogP contribution in [0.1, 0.15) is 57.8 Å². The van der Waals surface area contributed by atoms with Gasteiger partial charge in [-0.25, -0.2) is 0 Å². The largest absolute Gasteiger partial charge is 0.352 e. The Hall–Kier alpha value is -1.10. The number of piperidine rings is 1. The fourth-order valence-electron chi connectivity index (χ4n) is 4.01. The number of nitrogens with zero attached hydrogens (tertiary/aromatic N) is 2. The third-order valence-electron chi connectivity index (χ3n) is 5.64. The number of carbonyl (C=O) groups is 2. The van der Waals surface area contributed by atoms with Crippen molar-refractivity contribution in [1.82, 2.24) is 15.1 Å². The van der Waals surface area contributed by atoms with E-state index in [1.54, 1.807) is 0 Å². The van der Waals surface area contributed by atoms with Gasteiger partial charge in [-0.2, -0.15) is 0 Å². The first kappa shape index (κ1) is 16.7. The van der Waals surface area contributed by atoms with Gasteiger partial charge in [-0.1, -0.05) is 19.3 Å². The summed E-state index contributed by atoms with van der Waals surface area (Å²) < 4.78 is 0. The van der Waals surface area contributed by atoms with Gasteiger partial charge in [-0.3, -0.25) is 14.5 Å². The van der Waals surface area contributed by atoms with Crippen LogP contribution in [0, 0.1) is 5.92 Å². The summed E-state index contributed by atoms with van der Waals surface area (Å²) in [5, 5.41) is 3.20. The van der Waals surface area contributed by atoms with Crippen molar-refractivity contribution >= 4 is 11.8 Å². The summed E-state index contributed by atoms with van der Waals surface area (Å²) in [7, 11) is 1.94. The van der Waals surface area contributed by atoms with Crippen molar-refractivity contribution in [3.8, 4) is 0 Å². The number of amides is 2. The second kappa shape index (κ2) is 7.65. The molecule has 3 aliphatic rings. The minimum atomic E-state index is 0.161. The lowest BCUT2D eigenvalue weighted by atomic mass is 9.95. The van der Waals surface area contributed by atoms with Crippen LogP contribution in [0.4, 0.5) is 0 Å². The van der Waals surface area contributed by atoms with Crippen molar-refractivity contribution in [1.29, 1.82) is 0 Å². The first-order valence-corrected chi connectivity index (χ1v) is 9.42. The van der Waals surface area contributed by atoms with Gasteiger partial charge in [0.1, 0.15) is 0 Å². The van der Waals surface area contributed by atoms with Crippen LogP contribution in [-0.4, -0.2) is 60.4 Å². The summed E-state index contributed by atoms with van der Waals surface area (Å²) in [4.78, 5) is 28.7. The molecule has 130 valence electrons. The highest BCUT2D eigenvalue weighted by Gasteiger charge is 2.36. The maximum atomic E-state index is 12.3. The van der Waals surface area contributed by atoms with Crippen LogP contribution < -0.4 is 5.32 Å². The van der Waals surface area contributed by atoms with Crippen molar-refractivity contribution in [2.75, 3.05) is 26.7 Å². The first-order chi connectivity index (χ1) is 11.1. The van der Waals surface area contributed by atoms with Gasteiger partial charge in [-0.15, -0.1) is 0 Å². The van der Waals surface area contributed by atoms with E-state index < -0.39 is 0 Å².